The monoisotopic (exact) mass is 728 g/mol. The Morgan fingerprint density at radius 3 is 2.31 bits per heavy atom. The third-order valence-corrected chi connectivity index (χ3v) is 10.00. The van der Waals surface area contributed by atoms with Crippen molar-refractivity contribution in [3.8, 4) is 28.4 Å². The Balaban J connectivity index is 1.50. The number of esters is 1. The van der Waals surface area contributed by atoms with E-state index in [1.165, 1.54) is 45.7 Å². The fourth-order valence-corrected chi connectivity index (χ4v) is 7.40. The van der Waals surface area contributed by atoms with Gasteiger partial charge >= 0.3 is 5.97 Å². The lowest BCUT2D eigenvalue weighted by Crippen LogP contribution is -2.39. The highest BCUT2D eigenvalue weighted by Crippen LogP contribution is 2.50. The van der Waals surface area contributed by atoms with Gasteiger partial charge < -0.3 is 34.9 Å². The van der Waals surface area contributed by atoms with Crippen molar-refractivity contribution in [3.05, 3.63) is 92.1 Å². The number of benzene rings is 2. The molecule has 12 nitrogen and oxygen atoms in total. The van der Waals surface area contributed by atoms with Crippen LogP contribution in [0.1, 0.15) is 65.3 Å². The minimum Gasteiger partial charge on any atom is -0.493 e. The van der Waals surface area contributed by atoms with E-state index in [1.54, 1.807) is 19.2 Å². The van der Waals surface area contributed by atoms with Crippen molar-refractivity contribution in [2.24, 2.45) is 5.92 Å². The van der Waals surface area contributed by atoms with Crippen LogP contribution in [0.5, 0.6) is 17.2 Å². The second-order valence-corrected chi connectivity index (χ2v) is 13.8. The number of aromatic nitrogens is 1. The highest BCUT2D eigenvalue weighted by Gasteiger charge is 2.31. The number of rotatable bonds is 13. The number of methoxy groups -OCH3 is 4. The van der Waals surface area contributed by atoms with Gasteiger partial charge in [-0.2, -0.15) is 0 Å². The standard InChI is InChI=1S/C39H44N4O8S/c1-21(2)33(37(46)43-39-42-34(38(47)51-7)31(52-39)18-13-23-11-9-8-10-12-23)41-28-17-15-25-26(20-29(28)45)27(40-22(3)44)16-14-24-19-30(48-4)35(49-5)36(50-6)32(24)25/h8-12,15,17,19-21,27,33H,13-14,16,18H2,1-7H3,(H,40,44)(H,41,45)(H,42,43,46)/t27-,33-/m0/s1. The van der Waals surface area contributed by atoms with E-state index in [0.717, 1.165) is 16.7 Å². The average Bonchev–Trinajstić information content (AvgIpc) is 3.39. The molecule has 0 radical (unpaired) electrons. The average molecular weight is 729 g/mol. The third kappa shape index (κ3) is 8.20. The molecule has 2 atom stereocenters. The first-order valence-corrected chi connectivity index (χ1v) is 17.8. The van der Waals surface area contributed by atoms with Gasteiger partial charge in [-0.15, -0.1) is 11.3 Å². The molecule has 0 fully saturated rings. The number of aryl methyl sites for hydroxylation is 3. The van der Waals surface area contributed by atoms with Gasteiger partial charge in [0.25, 0.3) is 0 Å². The van der Waals surface area contributed by atoms with E-state index in [4.69, 9.17) is 18.9 Å². The number of nitrogens with zero attached hydrogens (tertiary/aromatic N) is 1. The Labute approximate surface area is 306 Å². The Bertz CT molecular complexity index is 2010. The first-order valence-electron chi connectivity index (χ1n) is 17.0. The predicted molar refractivity (Wildman–Crippen MR) is 201 cm³/mol. The van der Waals surface area contributed by atoms with Gasteiger partial charge in [0.1, 0.15) is 6.04 Å². The van der Waals surface area contributed by atoms with Gasteiger partial charge in [-0.3, -0.25) is 14.4 Å². The number of anilines is 2. The number of hydrogen-bond donors (Lipinski definition) is 3. The van der Waals surface area contributed by atoms with Gasteiger partial charge in [-0.25, -0.2) is 9.78 Å². The zero-order valence-electron chi connectivity index (χ0n) is 30.4. The molecule has 1 aromatic heterocycles. The number of hydrogen-bond acceptors (Lipinski definition) is 11. The fraction of sp³-hybridized carbons (Fsp3) is 0.359. The molecule has 0 saturated carbocycles. The minimum atomic E-state index is -0.856. The van der Waals surface area contributed by atoms with Crippen molar-refractivity contribution in [3.63, 3.8) is 0 Å². The van der Waals surface area contributed by atoms with Crippen LogP contribution in [0, 0.1) is 5.92 Å². The fourth-order valence-electron chi connectivity index (χ4n) is 6.45. The molecule has 1 heterocycles. The van der Waals surface area contributed by atoms with Gasteiger partial charge in [0.05, 0.1) is 40.2 Å². The summed E-state index contributed by atoms with van der Waals surface area (Å²) in [6.07, 6.45) is 2.28. The quantitative estimate of drug-likeness (QED) is 0.140. The summed E-state index contributed by atoms with van der Waals surface area (Å²) in [6.45, 7) is 5.16. The van der Waals surface area contributed by atoms with Crippen molar-refractivity contribution in [1.82, 2.24) is 10.3 Å². The van der Waals surface area contributed by atoms with E-state index in [-0.39, 0.29) is 33.8 Å². The van der Waals surface area contributed by atoms with Gasteiger partial charge in [0, 0.05) is 17.4 Å². The summed E-state index contributed by atoms with van der Waals surface area (Å²) in [6, 6.07) is 15.4. The SMILES string of the molecule is COC(=O)c1nc(NC(=O)[C@@H](Nc2ccc3c(cc2=O)[C@@H](NC(C)=O)CCc2cc(OC)c(OC)c(OC)c2-3)C(C)C)sc1CCc1ccccc1. The zero-order valence-corrected chi connectivity index (χ0v) is 31.2. The van der Waals surface area contributed by atoms with E-state index in [2.05, 4.69) is 20.9 Å². The van der Waals surface area contributed by atoms with Crippen LogP contribution in [-0.2, 0) is 33.6 Å². The summed E-state index contributed by atoms with van der Waals surface area (Å²) in [5.41, 5.74) is 3.96. The second-order valence-electron chi connectivity index (χ2n) is 12.7. The van der Waals surface area contributed by atoms with E-state index in [0.29, 0.717) is 58.9 Å². The van der Waals surface area contributed by atoms with Gasteiger partial charge in [0.2, 0.25) is 23.0 Å². The van der Waals surface area contributed by atoms with Gasteiger partial charge in [-0.1, -0.05) is 50.2 Å². The van der Waals surface area contributed by atoms with Gasteiger partial charge in [-0.05, 0) is 72.1 Å². The Hall–Kier alpha value is -5.43. The zero-order chi connectivity index (χ0) is 37.5. The molecule has 274 valence electrons. The van der Waals surface area contributed by atoms with Gasteiger partial charge in [0.15, 0.2) is 22.3 Å². The Kier molecular flexibility index (Phi) is 12.2. The first kappa shape index (κ1) is 37.8. The lowest BCUT2D eigenvalue weighted by atomic mass is 9.95. The number of nitrogens with one attached hydrogen (secondary N) is 3. The largest absolute Gasteiger partial charge is 0.493 e. The van der Waals surface area contributed by atoms with Crippen molar-refractivity contribution in [2.75, 3.05) is 39.1 Å². The maximum Gasteiger partial charge on any atom is 0.357 e. The lowest BCUT2D eigenvalue weighted by Gasteiger charge is -2.21. The van der Waals surface area contributed by atoms with E-state index < -0.39 is 24.0 Å². The topological polar surface area (TPSA) is 154 Å². The number of carbonyl (C=O) groups excluding carboxylic acids is 3. The molecular weight excluding hydrogens is 685 g/mol. The summed E-state index contributed by atoms with van der Waals surface area (Å²) < 4.78 is 22.2. The second kappa shape index (κ2) is 16.7. The van der Waals surface area contributed by atoms with Crippen LogP contribution in [0.2, 0.25) is 0 Å². The van der Waals surface area contributed by atoms with Crippen molar-refractivity contribution in [2.45, 2.75) is 58.5 Å². The van der Waals surface area contributed by atoms with Crippen LogP contribution in [0.15, 0.2) is 59.4 Å². The normalized spacial score (nSPS) is 13.9. The van der Waals surface area contributed by atoms with Crippen LogP contribution in [-0.4, -0.2) is 57.2 Å². The van der Waals surface area contributed by atoms with E-state index >= 15 is 0 Å². The Morgan fingerprint density at radius 1 is 0.942 bits per heavy atom. The molecule has 1 aliphatic rings. The molecular formula is C39H44N4O8S. The summed E-state index contributed by atoms with van der Waals surface area (Å²) in [5.74, 6) is -0.175. The molecule has 0 saturated heterocycles. The number of fused-ring (bicyclic) bond motifs is 3. The smallest absolute Gasteiger partial charge is 0.357 e. The lowest BCUT2D eigenvalue weighted by molar-refractivity contribution is -0.120. The van der Waals surface area contributed by atoms with Crippen molar-refractivity contribution >= 4 is 39.9 Å². The summed E-state index contributed by atoms with van der Waals surface area (Å²) in [4.78, 5) is 57.9. The molecule has 52 heavy (non-hydrogen) atoms. The molecule has 0 spiro atoms. The van der Waals surface area contributed by atoms with Crippen LogP contribution in [0.3, 0.4) is 0 Å². The highest BCUT2D eigenvalue weighted by molar-refractivity contribution is 7.16. The molecule has 0 unspecified atom stereocenters. The summed E-state index contributed by atoms with van der Waals surface area (Å²) in [5, 5.41) is 9.29. The Morgan fingerprint density at radius 2 is 1.67 bits per heavy atom. The molecule has 5 rings (SSSR count). The maximum absolute atomic E-state index is 14.0. The number of amides is 2. The van der Waals surface area contributed by atoms with Crippen molar-refractivity contribution in [1.29, 1.82) is 0 Å². The third-order valence-electron chi connectivity index (χ3n) is 8.97. The first-order chi connectivity index (χ1) is 25.0. The number of carbonyl (C=O) groups is 3. The number of thiazole rings is 1. The van der Waals surface area contributed by atoms with Crippen LogP contribution < -0.4 is 35.6 Å². The summed E-state index contributed by atoms with van der Waals surface area (Å²) >= 11 is 1.22. The highest BCUT2D eigenvalue weighted by atomic mass is 32.1. The van der Waals surface area contributed by atoms with E-state index in [9.17, 15) is 19.2 Å². The molecule has 4 aromatic rings. The molecule has 3 N–H and O–H groups in total. The van der Waals surface area contributed by atoms with E-state index in [1.807, 2.05) is 50.2 Å². The molecule has 1 aliphatic carbocycles. The minimum absolute atomic E-state index is 0.157. The summed E-state index contributed by atoms with van der Waals surface area (Å²) in [7, 11) is 5.91. The van der Waals surface area contributed by atoms with Crippen LogP contribution in [0.25, 0.3) is 11.1 Å². The van der Waals surface area contributed by atoms with Crippen LogP contribution >= 0.6 is 11.3 Å². The molecule has 13 heteroatoms. The molecule has 3 aromatic carbocycles. The van der Waals surface area contributed by atoms with Crippen LogP contribution in [0.4, 0.5) is 10.8 Å². The molecule has 0 aliphatic heterocycles. The molecule has 0 bridgehead atoms. The number of ether oxygens (including phenoxy) is 4. The maximum atomic E-state index is 14.0. The predicted octanol–water partition coefficient (Wildman–Crippen LogP) is 5.97. The molecule has 2 amide bonds. The van der Waals surface area contributed by atoms with Crippen molar-refractivity contribution < 1.29 is 33.3 Å².